The summed E-state index contributed by atoms with van der Waals surface area (Å²) in [5.41, 5.74) is 1.05. The van der Waals surface area contributed by atoms with Gasteiger partial charge in [-0.05, 0) is 17.6 Å². The molecule has 156 valence electrons. The van der Waals surface area contributed by atoms with Crippen LogP contribution in [0.2, 0.25) is 0 Å². The minimum atomic E-state index is -0.218. The summed E-state index contributed by atoms with van der Waals surface area (Å²) >= 11 is 7.94. The van der Waals surface area contributed by atoms with Gasteiger partial charge in [0.25, 0.3) is 5.91 Å². The van der Waals surface area contributed by atoms with E-state index in [1.54, 1.807) is 6.08 Å². The highest BCUT2D eigenvalue weighted by molar-refractivity contribution is 8.26. The first-order valence-corrected chi connectivity index (χ1v) is 11.6. The van der Waals surface area contributed by atoms with Crippen LogP contribution in [0.25, 0.3) is 6.08 Å². The molecule has 2 amide bonds. The van der Waals surface area contributed by atoms with E-state index in [2.05, 4.69) is 29.4 Å². The third-order valence-corrected chi connectivity index (χ3v) is 6.32. The summed E-state index contributed by atoms with van der Waals surface area (Å²) in [4.78, 5) is 26.9. The molecule has 1 aliphatic heterocycles. The van der Waals surface area contributed by atoms with Gasteiger partial charge in [-0.3, -0.25) is 14.5 Å². The van der Waals surface area contributed by atoms with Gasteiger partial charge in [-0.2, -0.15) is 0 Å². The Labute approximate surface area is 189 Å². The average Bonchev–Trinajstić information content (AvgIpc) is 3.24. The van der Waals surface area contributed by atoms with Crippen LogP contribution in [0.1, 0.15) is 30.8 Å². The van der Waals surface area contributed by atoms with Gasteiger partial charge in [0.1, 0.15) is 9.33 Å². The van der Waals surface area contributed by atoms with E-state index in [0.29, 0.717) is 20.3 Å². The number of benzene rings is 1. The number of carbonyl (C=O) groups is 2. The molecule has 1 aromatic carbocycles. The smallest absolute Gasteiger partial charge is 0.266 e. The normalized spacial score (nSPS) is 15.7. The summed E-state index contributed by atoms with van der Waals surface area (Å²) in [6.07, 6.45) is 6.48. The van der Waals surface area contributed by atoms with Crippen LogP contribution in [-0.2, 0) is 16.0 Å². The summed E-state index contributed by atoms with van der Waals surface area (Å²) in [7, 11) is 0. The van der Waals surface area contributed by atoms with Gasteiger partial charge >= 0.3 is 0 Å². The molecular weight excluding hydrogens is 436 g/mol. The highest BCUT2D eigenvalue weighted by Gasteiger charge is 2.31. The van der Waals surface area contributed by atoms with Crippen LogP contribution in [-0.4, -0.2) is 37.8 Å². The molecule has 0 bridgehead atoms. The molecule has 0 spiro atoms. The first-order chi connectivity index (χ1) is 14.4. The first-order valence-electron chi connectivity index (χ1n) is 9.51. The third kappa shape index (κ3) is 6.32. The molecule has 2 aromatic rings. The lowest BCUT2D eigenvalue weighted by Crippen LogP contribution is -2.31. The molecule has 1 aromatic heterocycles. The van der Waals surface area contributed by atoms with Crippen molar-refractivity contribution in [3.63, 3.8) is 0 Å². The highest BCUT2D eigenvalue weighted by Crippen LogP contribution is 2.31. The Kier molecular flexibility index (Phi) is 7.89. The van der Waals surface area contributed by atoms with Crippen LogP contribution in [0.5, 0.6) is 0 Å². The average molecular weight is 459 g/mol. The Bertz CT molecular complexity index is 983. The molecule has 0 unspecified atom stereocenters. The lowest BCUT2D eigenvalue weighted by molar-refractivity contribution is -0.122. The number of aromatic nitrogens is 2. The number of nitrogens with zero attached hydrogens (tertiary/aromatic N) is 3. The lowest BCUT2D eigenvalue weighted by atomic mass is 10.1. The van der Waals surface area contributed by atoms with E-state index < -0.39 is 0 Å². The predicted octanol–water partition coefficient (Wildman–Crippen LogP) is 4.52. The van der Waals surface area contributed by atoms with E-state index in [4.69, 9.17) is 12.2 Å². The predicted molar refractivity (Wildman–Crippen MR) is 127 cm³/mol. The van der Waals surface area contributed by atoms with E-state index >= 15 is 0 Å². The Morgan fingerprint density at radius 1 is 1.27 bits per heavy atom. The van der Waals surface area contributed by atoms with Gasteiger partial charge in [0.05, 0.1) is 4.91 Å². The molecule has 1 saturated heterocycles. The third-order valence-electron chi connectivity index (χ3n) is 4.07. The first kappa shape index (κ1) is 22.3. The summed E-state index contributed by atoms with van der Waals surface area (Å²) in [5, 5.41) is 12.2. The zero-order chi connectivity index (χ0) is 21.5. The van der Waals surface area contributed by atoms with Crippen molar-refractivity contribution in [2.75, 3.05) is 11.9 Å². The van der Waals surface area contributed by atoms with Crippen LogP contribution in [0.3, 0.4) is 0 Å². The van der Waals surface area contributed by atoms with Crippen molar-refractivity contribution in [1.82, 2.24) is 15.1 Å². The van der Waals surface area contributed by atoms with Gasteiger partial charge in [-0.1, -0.05) is 91.6 Å². The Morgan fingerprint density at radius 3 is 2.77 bits per heavy atom. The zero-order valence-electron chi connectivity index (χ0n) is 16.7. The van der Waals surface area contributed by atoms with Gasteiger partial charge in [0.15, 0.2) is 0 Å². The highest BCUT2D eigenvalue weighted by atomic mass is 32.2. The number of thiocarbonyl (C=S) groups is 1. The van der Waals surface area contributed by atoms with Crippen molar-refractivity contribution in [1.29, 1.82) is 0 Å². The van der Waals surface area contributed by atoms with Crippen molar-refractivity contribution in [2.24, 2.45) is 5.92 Å². The van der Waals surface area contributed by atoms with Gasteiger partial charge in [-0.25, -0.2) is 0 Å². The Morgan fingerprint density at radius 2 is 2.03 bits per heavy atom. The van der Waals surface area contributed by atoms with Crippen LogP contribution in [0, 0.1) is 5.92 Å². The van der Waals surface area contributed by atoms with Gasteiger partial charge in [0.2, 0.25) is 11.0 Å². The molecule has 3 rings (SSSR count). The van der Waals surface area contributed by atoms with E-state index in [9.17, 15) is 9.59 Å². The molecule has 1 fully saturated rings. The van der Waals surface area contributed by atoms with Crippen LogP contribution in [0.4, 0.5) is 5.13 Å². The summed E-state index contributed by atoms with van der Waals surface area (Å²) in [5.74, 6) is 0.0841. The van der Waals surface area contributed by atoms with Crippen molar-refractivity contribution in [2.45, 2.75) is 26.7 Å². The van der Waals surface area contributed by atoms with E-state index in [1.807, 2.05) is 42.5 Å². The zero-order valence-corrected chi connectivity index (χ0v) is 19.1. The number of allylic oxidation sites excluding steroid dienone is 2. The van der Waals surface area contributed by atoms with Gasteiger partial charge < -0.3 is 5.32 Å². The number of thioether (sulfide) groups is 1. The molecular formula is C21H22N4O2S3. The van der Waals surface area contributed by atoms with Crippen molar-refractivity contribution in [3.05, 3.63) is 58.0 Å². The molecule has 1 N–H and O–H groups in total. The second kappa shape index (κ2) is 10.6. The maximum atomic E-state index is 12.6. The molecule has 6 nitrogen and oxygen atoms in total. The quantitative estimate of drug-likeness (QED) is 0.463. The monoisotopic (exact) mass is 458 g/mol. The number of nitrogens with one attached hydrogen (secondary N) is 1. The van der Waals surface area contributed by atoms with E-state index in [-0.39, 0.29) is 24.8 Å². The lowest BCUT2D eigenvalue weighted by Gasteiger charge is -2.13. The maximum absolute atomic E-state index is 12.6. The minimum Gasteiger partial charge on any atom is -0.300 e. The van der Waals surface area contributed by atoms with Crippen molar-refractivity contribution < 1.29 is 9.59 Å². The number of hydrogen-bond donors (Lipinski definition) is 1. The second-order valence-electron chi connectivity index (χ2n) is 7.02. The van der Waals surface area contributed by atoms with Gasteiger partial charge in [-0.15, -0.1) is 10.2 Å². The van der Waals surface area contributed by atoms with Crippen molar-refractivity contribution >= 4 is 62.7 Å². The van der Waals surface area contributed by atoms with Crippen molar-refractivity contribution in [3.8, 4) is 0 Å². The minimum absolute atomic E-state index is 0.138. The largest absolute Gasteiger partial charge is 0.300 e. The Balaban J connectivity index is 1.51. The number of carbonyl (C=O) groups excluding carboxylic acids is 2. The SMILES string of the molecule is CC(C)Cc1nnc(NC(=O)CCN2C(=O)/C(=C/C=C/c3ccccc3)SC2=S)s1. The molecule has 30 heavy (non-hydrogen) atoms. The molecule has 0 aliphatic carbocycles. The second-order valence-corrected chi connectivity index (χ2v) is 9.76. The summed E-state index contributed by atoms with van der Waals surface area (Å²) < 4.78 is 0.460. The number of anilines is 1. The molecule has 1 aliphatic rings. The fraction of sp³-hybridized carbons (Fsp3) is 0.286. The van der Waals surface area contributed by atoms with Crippen LogP contribution in [0.15, 0.2) is 47.4 Å². The van der Waals surface area contributed by atoms with Crippen LogP contribution >= 0.6 is 35.3 Å². The number of hydrogen-bond acceptors (Lipinski definition) is 7. The number of amides is 2. The standard InChI is InChI=1S/C21H22N4O2S3/c1-14(2)13-18-23-24-20(30-18)22-17(26)11-12-25-19(27)16(29-21(25)28)10-6-9-15-7-4-3-5-8-15/h3-10,14H,11-13H2,1-2H3,(H,22,24,26)/b9-6+,16-10-. The summed E-state index contributed by atoms with van der Waals surface area (Å²) in [6.45, 7) is 4.44. The fourth-order valence-corrected chi connectivity index (χ4v) is 4.88. The summed E-state index contributed by atoms with van der Waals surface area (Å²) in [6, 6.07) is 9.83. The topological polar surface area (TPSA) is 75.2 Å². The number of rotatable bonds is 8. The fourth-order valence-electron chi connectivity index (χ4n) is 2.65. The van der Waals surface area contributed by atoms with Gasteiger partial charge in [0, 0.05) is 19.4 Å². The Hall–Kier alpha value is -2.36. The van der Waals surface area contributed by atoms with E-state index in [1.165, 1.54) is 28.0 Å². The van der Waals surface area contributed by atoms with Crippen LogP contribution < -0.4 is 5.32 Å². The molecule has 0 atom stereocenters. The molecule has 0 saturated carbocycles. The maximum Gasteiger partial charge on any atom is 0.266 e. The molecule has 0 radical (unpaired) electrons. The van der Waals surface area contributed by atoms with E-state index in [0.717, 1.165) is 17.0 Å². The molecule has 9 heteroatoms. The molecule has 2 heterocycles.